The number of hydrogen-bond acceptors (Lipinski definition) is 2. The Kier molecular flexibility index (Phi) is 4.55. The van der Waals surface area contributed by atoms with Crippen LogP contribution in [-0.4, -0.2) is 9.78 Å². The van der Waals surface area contributed by atoms with Crippen molar-refractivity contribution in [3.63, 3.8) is 0 Å². The average molecular weight is 341 g/mol. The second-order valence-corrected chi connectivity index (χ2v) is 6.68. The van der Waals surface area contributed by atoms with Gasteiger partial charge in [-0.15, -0.1) is 0 Å². The molecule has 26 heavy (non-hydrogen) atoms. The third-order valence-corrected chi connectivity index (χ3v) is 4.96. The van der Waals surface area contributed by atoms with E-state index in [0.717, 1.165) is 12.2 Å². The van der Waals surface area contributed by atoms with Crippen LogP contribution in [0.4, 0.5) is 0 Å². The zero-order valence-corrected chi connectivity index (χ0v) is 15.2. The maximum atomic E-state index is 4.69. The molecule has 3 heteroatoms. The Balaban J connectivity index is 1.61. The maximum absolute atomic E-state index is 4.69. The fraction of sp³-hybridized carbons (Fsp3) is 0.174. The number of hydrogen-bond donors (Lipinski definition) is 1. The lowest BCUT2D eigenvalue weighted by Gasteiger charge is -2.15. The fourth-order valence-electron chi connectivity index (χ4n) is 3.46. The lowest BCUT2D eigenvalue weighted by molar-refractivity contribution is 0.571. The predicted octanol–water partition coefficient (Wildman–Crippen LogP) is 5.18. The molecule has 3 nitrogen and oxygen atoms in total. The summed E-state index contributed by atoms with van der Waals surface area (Å²) in [5.74, 6) is 0. The Labute approximate surface area is 154 Å². The van der Waals surface area contributed by atoms with Crippen LogP contribution in [0.5, 0.6) is 0 Å². The van der Waals surface area contributed by atoms with Crippen molar-refractivity contribution in [3.05, 3.63) is 95.8 Å². The van der Waals surface area contributed by atoms with E-state index < -0.39 is 0 Å². The highest BCUT2D eigenvalue weighted by molar-refractivity contribution is 5.90. The van der Waals surface area contributed by atoms with Crippen molar-refractivity contribution in [2.75, 3.05) is 0 Å². The van der Waals surface area contributed by atoms with E-state index in [2.05, 4.69) is 95.7 Å². The molecule has 0 aliphatic rings. The average Bonchev–Trinajstić information content (AvgIpc) is 3.08. The minimum Gasteiger partial charge on any atom is -0.306 e. The topological polar surface area (TPSA) is 29.9 Å². The molecule has 0 fully saturated rings. The molecule has 0 spiro atoms. The molecule has 3 aromatic carbocycles. The molecule has 1 N–H and O–H groups in total. The van der Waals surface area contributed by atoms with Crippen molar-refractivity contribution in [3.8, 4) is 5.69 Å². The van der Waals surface area contributed by atoms with Gasteiger partial charge in [-0.05, 0) is 30.9 Å². The number of nitrogens with zero attached hydrogens (tertiary/aromatic N) is 2. The molecule has 0 saturated carbocycles. The Morgan fingerprint density at radius 2 is 1.65 bits per heavy atom. The monoisotopic (exact) mass is 341 g/mol. The number of benzene rings is 3. The van der Waals surface area contributed by atoms with Crippen LogP contribution in [-0.2, 0) is 6.54 Å². The largest absolute Gasteiger partial charge is 0.306 e. The van der Waals surface area contributed by atoms with Gasteiger partial charge in [0.25, 0.3) is 0 Å². The first-order valence-corrected chi connectivity index (χ1v) is 9.04. The first-order valence-electron chi connectivity index (χ1n) is 9.04. The van der Waals surface area contributed by atoms with Crippen LogP contribution in [0.15, 0.2) is 79.0 Å². The molecule has 130 valence electrons. The molecule has 0 saturated heterocycles. The molecule has 0 amide bonds. The number of aromatic nitrogens is 2. The lowest BCUT2D eigenvalue weighted by Crippen LogP contribution is -2.18. The summed E-state index contributed by atoms with van der Waals surface area (Å²) in [6.07, 6.45) is 1.99. The van der Waals surface area contributed by atoms with E-state index in [1.807, 2.05) is 12.3 Å². The normalized spacial score (nSPS) is 12.4. The molecule has 1 unspecified atom stereocenters. The number of rotatable bonds is 5. The zero-order chi connectivity index (χ0) is 17.9. The highest BCUT2D eigenvalue weighted by Crippen LogP contribution is 2.26. The Bertz CT molecular complexity index is 1010. The molecule has 4 rings (SSSR count). The van der Waals surface area contributed by atoms with Crippen molar-refractivity contribution < 1.29 is 0 Å². The summed E-state index contributed by atoms with van der Waals surface area (Å²) < 4.78 is 2.05. The van der Waals surface area contributed by atoms with Gasteiger partial charge >= 0.3 is 0 Å². The lowest BCUT2D eigenvalue weighted by atomic mass is 10.1. The summed E-state index contributed by atoms with van der Waals surface area (Å²) in [6.45, 7) is 5.19. The molecular formula is C23H23N3. The molecule has 4 aromatic rings. The van der Waals surface area contributed by atoms with Crippen molar-refractivity contribution in [2.45, 2.75) is 26.4 Å². The van der Waals surface area contributed by atoms with Gasteiger partial charge in [0.15, 0.2) is 0 Å². The third kappa shape index (κ3) is 3.14. The Hall–Kier alpha value is -2.91. The van der Waals surface area contributed by atoms with Gasteiger partial charge in [-0.25, -0.2) is 4.68 Å². The quantitative estimate of drug-likeness (QED) is 0.542. The van der Waals surface area contributed by atoms with Crippen LogP contribution in [0.1, 0.15) is 29.8 Å². The van der Waals surface area contributed by atoms with Gasteiger partial charge in [-0.3, -0.25) is 0 Å². The van der Waals surface area contributed by atoms with Gasteiger partial charge in [0.1, 0.15) is 0 Å². The van der Waals surface area contributed by atoms with Crippen molar-refractivity contribution in [2.24, 2.45) is 0 Å². The molecule has 1 heterocycles. The van der Waals surface area contributed by atoms with Gasteiger partial charge in [-0.2, -0.15) is 5.10 Å². The van der Waals surface area contributed by atoms with E-state index in [0.29, 0.717) is 0 Å². The summed E-state index contributed by atoms with van der Waals surface area (Å²) in [6, 6.07) is 25.5. The van der Waals surface area contributed by atoms with Crippen LogP contribution in [0.2, 0.25) is 0 Å². The number of fused-ring (bicyclic) bond motifs is 1. The summed E-state index contributed by atoms with van der Waals surface area (Å²) in [5.41, 5.74) is 4.82. The van der Waals surface area contributed by atoms with E-state index in [9.17, 15) is 0 Å². The first-order chi connectivity index (χ1) is 12.7. The molecule has 1 aromatic heterocycles. The van der Waals surface area contributed by atoms with E-state index in [1.54, 1.807) is 0 Å². The van der Waals surface area contributed by atoms with Crippen LogP contribution >= 0.6 is 0 Å². The second-order valence-electron chi connectivity index (χ2n) is 6.68. The molecule has 0 aliphatic heterocycles. The van der Waals surface area contributed by atoms with Gasteiger partial charge in [0, 0.05) is 29.2 Å². The van der Waals surface area contributed by atoms with Crippen molar-refractivity contribution in [1.82, 2.24) is 15.1 Å². The van der Waals surface area contributed by atoms with Crippen LogP contribution in [0.3, 0.4) is 0 Å². The highest BCUT2D eigenvalue weighted by atomic mass is 15.3. The number of nitrogens with one attached hydrogen (secondary N) is 1. The summed E-state index contributed by atoms with van der Waals surface area (Å²) >= 11 is 0. The van der Waals surface area contributed by atoms with Crippen LogP contribution in [0, 0.1) is 6.92 Å². The Morgan fingerprint density at radius 1 is 0.923 bits per heavy atom. The second kappa shape index (κ2) is 7.14. The van der Waals surface area contributed by atoms with E-state index in [4.69, 9.17) is 0 Å². The minimum absolute atomic E-state index is 0.235. The summed E-state index contributed by atoms with van der Waals surface area (Å²) in [5, 5.41) is 10.7. The van der Waals surface area contributed by atoms with E-state index in [-0.39, 0.29) is 6.04 Å². The van der Waals surface area contributed by atoms with Gasteiger partial charge in [0.05, 0.1) is 11.9 Å². The minimum atomic E-state index is 0.235. The summed E-state index contributed by atoms with van der Waals surface area (Å²) in [4.78, 5) is 0. The summed E-state index contributed by atoms with van der Waals surface area (Å²) in [7, 11) is 0. The first kappa shape index (κ1) is 16.6. The Morgan fingerprint density at radius 3 is 2.50 bits per heavy atom. The highest BCUT2D eigenvalue weighted by Gasteiger charge is 2.15. The van der Waals surface area contributed by atoms with E-state index >= 15 is 0 Å². The van der Waals surface area contributed by atoms with Gasteiger partial charge in [-0.1, -0.05) is 66.7 Å². The molecular weight excluding hydrogens is 318 g/mol. The van der Waals surface area contributed by atoms with E-state index in [1.165, 1.54) is 27.6 Å². The van der Waals surface area contributed by atoms with Crippen LogP contribution in [0.25, 0.3) is 16.5 Å². The molecule has 1 atom stereocenters. The maximum Gasteiger partial charge on any atom is 0.0727 e. The smallest absolute Gasteiger partial charge is 0.0727 e. The zero-order valence-electron chi connectivity index (χ0n) is 15.2. The fourth-order valence-corrected chi connectivity index (χ4v) is 3.46. The van der Waals surface area contributed by atoms with Gasteiger partial charge in [0.2, 0.25) is 0 Å². The predicted molar refractivity (Wildman–Crippen MR) is 108 cm³/mol. The molecule has 0 aliphatic carbocycles. The van der Waals surface area contributed by atoms with Gasteiger partial charge < -0.3 is 5.32 Å². The molecule has 0 bridgehead atoms. The molecule has 0 radical (unpaired) electrons. The third-order valence-electron chi connectivity index (χ3n) is 4.96. The van der Waals surface area contributed by atoms with Crippen LogP contribution < -0.4 is 5.32 Å². The SMILES string of the molecule is Cc1c(C(C)NCc2ccccc2)cnn1-c1cccc2ccccc12. The van der Waals surface area contributed by atoms with Crippen molar-refractivity contribution >= 4 is 10.8 Å². The van der Waals surface area contributed by atoms with Crippen molar-refractivity contribution in [1.29, 1.82) is 0 Å². The standard InChI is InChI=1S/C23H23N3/c1-17(24-15-19-9-4-3-5-10-19)22-16-25-26(18(22)2)23-14-8-12-20-11-6-7-13-21(20)23/h3-14,16-17,24H,15H2,1-2H3.